The summed E-state index contributed by atoms with van der Waals surface area (Å²) >= 11 is 0. The molecule has 0 aliphatic heterocycles. The number of carbonyl (C=O) groups excluding carboxylic acids is 1. The third-order valence-corrected chi connectivity index (χ3v) is 5.85. The van der Waals surface area contributed by atoms with E-state index >= 15 is 0 Å². The van der Waals surface area contributed by atoms with Gasteiger partial charge in [0.2, 0.25) is 15.9 Å². The summed E-state index contributed by atoms with van der Waals surface area (Å²) in [6.45, 7) is 8.11. The Morgan fingerprint density at radius 2 is 1.66 bits per heavy atom. The van der Waals surface area contributed by atoms with Gasteiger partial charge in [0, 0.05) is 0 Å². The van der Waals surface area contributed by atoms with Crippen molar-refractivity contribution in [3.8, 4) is 5.75 Å². The molecule has 2 aromatic rings. The molecule has 0 unspecified atom stereocenters. The number of anilines is 1. The lowest BCUT2D eigenvalue weighted by Gasteiger charge is -2.31. The molecular formula is C22H30N2O4S. The molecule has 1 N–H and O–H groups in total. The summed E-state index contributed by atoms with van der Waals surface area (Å²) in [5.41, 5.74) is 2.41. The summed E-state index contributed by atoms with van der Waals surface area (Å²) in [4.78, 5) is 13.0. The Hall–Kier alpha value is -2.54. The first kappa shape index (κ1) is 22.7. The molecule has 0 saturated carbocycles. The number of sulfonamides is 1. The number of benzene rings is 2. The second kappa shape index (κ2) is 9.78. The molecule has 0 aliphatic carbocycles. The van der Waals surface area contributed by atoms with E-state index in [-0.39, 0.29) is 11.9 Å². The van der Waals surface area contributed by atoms with E-state index in [1.807, 2.05) is 57.2 Å². The predicted molar refractivity (Wildman–Crippen MR) is 117 cm³/mol. The first-order chi connectivity index (χ1) is 13.7. The average molecular weight is 419 g/mol. The minimum atomic E-state index is -3.64. The van der Waals surface area contributed by atoms with Crippen LogP contribution in [0.3, 0.4) is 0 Å². The van der Waals surface area contributed by atoms with Crippen LogP contribution in [0.1, 0.15) is 44.4 Å². The molecule has 2 aromatic carbocycles. The molecule has 0 spiro atoms. The summed E-state index contributed by atoms with van der Waals surface area (Å²) in [5.74, 6) is 0.434. The Labute approximate surface area is 173 Å². The van der Waals surface area contributed by atoms with Crippen molar-refractivity contribution in [3.05, 3.63) is 59.7 Å². The molecule has 7 heteroatoms. The van der Waals surface area contributed by atoms with Crippen molar-refractivity contribution in [2.45, 2.75) is 46.2 Å². The molecule has 0 heterocycles. The van der Waals surface area contributed by atoms with Gasteiger partial charge in [-0.1, -0.05) is 36.8 Å². The van der Waals surface area contributed by atoms with E-state index in [4.69, 9.17) is 4.74 Å². The van der Waals surface area contributed by atoms with E-state index in [9.17, 15) is 13.2 Å². The lowest BCUT2D eigenvalue weighted by atomic mass is 10.1. The number of carbonyl (C=O) groups is 1. The van der Waals surface area contributed by atoms with Gasteiger partial charge in [0.1, 0.15) is 11.8 Å². The van der Waals surface area contributed by atoms with Gasteiger partial charge >= 0.3 is 0 Å². The summed E-state index contributed by atoms with van der Waals surface area (Å²) in [7, 11) is -3.64. The van der Waals surface area contributed by atoms with Crippen LogP contribution in [0.4, 0.5) is 5.69 Å². The highest BCUT2D eigenvalue weighted by Gasteiger charge is 2.32. The van der Waals surface area contributed by atoms with Crippen LogP contribution in [-0.2, 0) is 14.8 Å². The van der Waals surface area contributed by atoms with Crippen molar-refractivity contribution < 1.29 is 17.9 Å². The Morgan fingerprint density at radius 3 is 2.14 bits per heavy atom. The van der Waals surface area contributed by atoms with Gasteiger partial charge in [-0.3, -0.25) is 9.10 Å². The van der Waals surface area contributed by atoms with Crippen LogP contribution in [0.2, 0.25) is 0 Å². The van der Waals surface area contributed by atoms with Crippen LogP contribution in [0, 0.1) is 6.92 Å². The highest BCUT2D eigenvalue weighted by molar-refractivity contribution is 7.92. The second-order valence-electron chi connectivity index (χ2n) is 7.05. The van der Waals surface area contributed by atoms with Gasteiger partial charge in [0.05, 0.1) is 24.6 Å². The van der Waals surface area contributed by atoms with E-state index in [1.165, 1.54) is 4.31 Å². The second-order valence-corrected chi connectivity index (χ2v) is 8.91. The molecule has 6 nitrogen and oxygen atoms in total. The third kappa shape index (κ3) is 5.97. The fraction of sp³-hybridized carbons (Fsp3) is 0.409. The van der Waals surface area contributed by atoms with Gasteiger partial charge in [0.15, 0.2) is 0 Å². The first-order valence-corrected chi connectivity index (χ1v) is 11.6. The van der Waals surface area contributed by atoms with Gasteiger partial charge in [-0.25, -0.2) is 8.42 Å². The number of hydrogen-bond acceptors (Lipinski definition) is 4. The predicted octanol–water partition coefficient (Wildman–Crippen LogP) is 3.82. The standard InChI is InChI=1S/C22H30N2O4S/c1-6-21(24(29(5,26)27)19-12-8-16(3)9-13-19)22(25)23-17(4)18-10-14-20(15-11-18)28-7-2/h8-15,17,21H,6-7H2,1-5H3,(H,23,25)/t17-,21+/m0/s1. The zero-order valence-electron chi connectivity index (χ0n) is 17.7. The van der Waals surface area contributed by atoms with Crippen molar-refractivity contribution in [1.29, 1.82) is 0 Å². The molecule has 0 saturated heterocycles. The number of amides is 1. The summed E-state index contributed by atoms with van der Waals surface area (Å²) in [6, 6.07) is 13.5. The van der Waals surface area contributed by atoms with Crippen molar-refractivity contribution >= 4 is 21.6 Å². The highest BCUT2D eigenvalue weighted by atomic mass is 32.2. The Morgan fingerprint density at radius 1 is 1.07 bits per heavy atom. The Bertz CT molecular complexity index is 909. The number of nitrogens with zero attached hydrogens (tertiary/aromatic N) is 1. The number of ether oxygens (including phenoxy) is 1. The molecule has 1 amide bonds. The zero-order chi connectivity index (χ0) is 21.6. The van der Waals surface area contributed by atoms with E-state index in [1.54, 1.807) is 19.1 Å². The molecular weight excluding hydrogens is 388 g/mol. The smallest absolute Gasteiger partial charge is 0.244 e. The van der Waals surface area contributed by atoms with Gasteiger partial charge < -0.3 is 10.1 Å². The molecule has 2 atom stereocenters. The largest absolute Gasteiger partial charge is 0.494 e. The molecule has 0 aliphatic rings. The fourth-order valence-corrected chi connectivity index (χ4v) is 4.38. The van der Waals surface area contributed by atoms with Crippen molar-refractivity contribution in [1.82, 2.24) is 5.32 Å². The van der Waals surface area contributed by atoms with Crippen LogP contribution in [0.25, 0.3) is 0 Å². The number of rotatable bonds is 9. The van der Waals surface area contributed by atoms with Crippen molar-refractivity contribution in [2.75, 3.05) is 17.2 Å². The lowest BCUT2D eigenvalue weighted by Crippen LogP contribution is -2.49. The molecule has 0 aromatic heterocycles. The van der Waals surface area contributed by atoms with E-state index in [2.05, 4.69) is 5.32 Å². The van der Waals surface area contributed by atoms with Crippen molar-refractivity contribution in [2.24, 2.45) is 0 Å². The van der Waals surface area contributed by atoms with E-state index < -0.39 is 16.1 Å². The molecule has 0 radical (unpaired) electrons. The number of hydrogen-bond donors (Lipinski definition) is 1. The van der Waals surface area contributed by atoms with Gasteiger partial charge in [-0.05, 0) is 57.0 Å². The summed E-state index contributed by atoms with van der Waals surface area (Å²) < 4.78 is 31.7. The monoisotopic (exact) mass is 418 g/mol. The topological polar surface area (TPSA) is 75.7 Å². The van der Waals surface area contributed by atoms with Gasteiger partial charge in [0.25, 0.3) is 0 Å². The number of aryl methyl sites for hydroxylation is 1. The maximum Gasteiger partial charge on any atom is 0.244 e. The van der Waals surface area contributed by atoms with Crippen LogP contribution in [0.15, 0.2) is 48.5 Å². The normalized spacial score (nSPS) is 13.4. The first-order valence-electron chi connectivity index (χ1n) is 9.76. The van der Waals surface area contributed by atoms with E-state index in [0.717, 1.165) is 23.1 Å². The molecule has 158 valence electrons. The van der Waals surface area contributed by atoms with Crippen molar-refractivity contribution in [3.63, 3.8) is 0 Å². The van der Waals surface area contributed by atoms with Crippen LogP contribution >= 0.6 is 0 Å². The van der Waals surface area contributed by atoms with Crippen LogP contribution < -0.4 is 14.4 Å². The Kier molecular flexibility index (Phi) is 7.67. The van der Waals surface area contributed by atoms with Crippen LogP contribution in [0.5, 0.6) is 5.75 Å². The molecule has 0 bridgehead atoms. The van der Waals surface area contributed by atoms with E-state index in [0.29, 0.717) is 18.7 Å². The maximum atomic E-state index is 13.0. The fourth-order valence-electron chi connectivity index (χ4n) is 3.16. The minimum absolute atomic E-state index is 0.272. The summed E-state index contributed by atoms with van der Waals surface area (Å²) in [5, 5.41) is 2.95. The maximum absolute atomic E-state index is 13.0. The minimum Gasteiger partial charge on any atom is -0.494 e. The summed E-state index contributed by atoms with van der Waals surface area (Å²) in [6.07, 6.45) is 1.47. The quantitative estimate of drug-likeness (QED) is 0.672. The van der Waals surface area contributed by atoms with Crippen LogP contribution in [-0.4, -0.2) is 33.2 Å². The SMILES string of the molecule is CCOc1ccc([C@H](C)NC(=O)[C@@H](CC)N(c2ccc(C)cc2)S(C)(=O)=O)cc1. The lowest BCUT2D eigenvalue weighted by molar-refractivity contribution is -0.122. The third-order valence-electron chi connectivity index (χ3n) is 4.67. The van der Waals surface area contributed by atoms with Gasteiger partial charge in [-0.2, -0.15) is 0 Å². The molecule has 0 fully saturated rings. The zero-order valence-corrected chi connectivity index (χ0v) is 18.5. The average Bonchev–Trinajstić information content (AvgIpc) is 2.66. The Balaban J connectivity index is 2.23. The molecule has 2 rings (SSSR count). The molecule has 29 heavy (non-hydrogen) atoms. The highest BCUT2D eigenvalue weighted by Crippen LogP contribution is 2.24. The number of nitrogens with one attached hydrogen (secondary N) is 1. The van der Waals surface area contributed by atoms with Gasteiger partial charge in [-0.15, -0.1) is 0 Å².